The number of nitrogens with zero attached hydrogens (tertiary/aromatic N) is 1. The summed E-state index contributed by atoms with van der Waals surface area (Å²) in [6.45, 7) is 8.06. The SMILES string of the molecule is COc1ccc(C(C)NC(=O)N(C)C2CCNCC2(C)C)c(Cl)c1Cl. The van der Waals surface area contributed by atoms with Gasteiger partial charge in [-0.2, -0.15) is 0 Å². The van der Waals surface area contributed by atoms with E-state index in [4.69, 9.17) is 27.9 Å². The molecule has 2 N–H and O–H groups in total. The van der Waals surface area contributed by atoms with E-state index in [9.17, 15) is 4.79 Å². The largest absolute Gasteiger partial charge is 0.495 e. The fourth-order valence-electron chi connectivity index (χ4n) is 3.42. The van der Waals surface area contributed by atoms with Crippen molar-refractivity contribution in [1.29, 1.82) is 0 Å². The van der Waals surface area contributed by atoms with Crippen molar-refractivity contribution in [2.75, 3.05) is 27.2 Å². The number of piperidine rings is 1. The van der Waals surface area contributed by atoms with Crippen molar-refractivity contribution in [2.24, 2.45) is 5.41 Å². The Bertz CT molecular complexity index is 637. The molecule has 0 spiro atoms. The molecule has 0 aliphatic carbocycles. The van der Waals surface area contributed by atoms with E-state index in [1.165, 1.54) is 7.11 Å². The number of carbonyl (C=O) groups excluding carboxylic acids is 1. The minimum absolute atomic E-state index is 0.0225. The van der Waals surface area contributed by atoms with Gasteiger partial charge in [-0.15, -0.1) is 0 Å². The number of benzene rings is 1. The van der Waals surface area contributed by atoms with E-state index in [1.54, 1.807) is 11.0 Å². The number of methoxy groups -OCH3 is 1. The zero-order valence-corrected chi connectivity index (χ0v) is 17.0. The second-order valence-electron chi connectivity index (χ2n) is 7.24. The third-order valence-electron chi connectivity index (χ3n) is 4.97. The van der Waals surface area contributed by atoms with Crippen molar-refractivity contribution in [3.63, 3.8) is 0 Å². The van der Waals surface area contributed by atoms with Crippen molar-refractivity contribution >= 4 is 29.2 Å². The van der Waals surface area contributed by atoms with Gasteiger partial charge in [0, 0.05) is 19.6 Å². The highest BCUT2D eigenvalue weighted by atomic mass is 35.5. The molecule has 0 saturated carbocycles. The maximum absolute atomic E-state index is 12.7. The molecule has 0 bridgehead atoms. The Balaban J connectivity index is 2.11. The maximum Gasteiger partial charge on any atom is 0.317 e. The van der Waals surface area contributed by atoms with E-state index >= 15 is 0 Å². The van der Waals surface area contributed by atoms with Crippen LogP contribution in [0.25, 0.3) is 0 Å². The Morgan fingerprint density at radius 2 is 2.08 bits per heavy atom. The van der Waals surface area contributed by atoms with Gasteiger partial charge in [-0.25, -0.2) is 4.79 Å². The molecule has 5 nitrogen and oxygen atoms in total. The quantitative estimate of drug-likeness (QED) is 0.817. The van der Waals surface area contributed by atoms with E-state index in [-0.39, 0.29) is 23.5 Å². The second-order valence-corrected chi connectivity index (χ2v) is 7.99. The first-order valence-electron chi connectivity index (χ1n) is 8.45. The smallest absolute Gasteiger partial charge is 0.317 e. The minimum atomic E-state index is -0.268. The van der Waals surface area contributed by atoms with Crippen molar-refractivity contribution in [3.05, 3.63) is 27.7 Å². The number of rotatable bonds is 4. The highest BCUT2D eigenvalue weighted by molar-refractivity contribution is 6.43. The van der Waals surface area contributed by atoms with Crippen LogP contribution in [0.1, 0.15) is 38.8 Å². The number of ether oxygens (including phenoxy) is 1. The summed E-state index contributed by atoms with van der Waals surface area (Å²) in [4.78, 5) is 14.5. The van der Waals surface area contributed by atoms with E-state index in [0.29, 0.717) is 15.8 Å². The van der Waals surface area contributed by atoms with Crippen molar-refractivity contribution in [2.45, 2.75) is 39.3 Å². The molecule has 7 heteroatoms. The van der Waals surface area contributed by atoms with Gasteiger partial charge in [0.05, 0.1) is 18.2 Å². The maximum atomic E-state index is 12.7. The summed E-state index contributed by atoms with van der Waals surface area (Å²) in [5, 5.41) is 7.17. The molecule has 1 aliphatic heterocycles. The van der Waals surface area contributed by atoms with Gasteiger partial charge in [0.1, 0.15) is 10.8 Å². The van der Waals surface area contributed by atoms with Crippen LogP contribution >= 0.6 is 23.2 Å². The molecule has 1 aliphatic rings. The molecule has 1 heterocycles. The van der Waals surface area contributed by atoms with Gasteiger partial charge in [-0.1, -0.05) is 43.1 Å². The molecular weight excluding hydrogens is 361 g/mol. The van der Waals surface area contributed by atoms with Gasteiger partial charge in [-0.05, 0) is 36.9 Å². The van der Waals surface area contributed by atoms with Crippen LogP contribution in [0.3, 0.4) is 0 Å². The van der Waals surface area contributed by atoms with Crippen LogP contribution in [0.5, 0.6) is 5.75 Å². The molecule has 25 heavy (non-hydrogen) atoms. The van der Waals surface area contributed by atoms with Crippen LogP contribution in [-0.4, -0.2) is 44.2 Å². The number of urea groups is 1. The summed E-state index contributed by atoms with van der Waals surface area (Å²) in [5.41, 5.74) is 0.785. The Kier molecular flexibility index (Phi) is 6.46. The summed E-state index contributed by atoms with van der Waals surface area (Å²) in [6.07, 6.45) is 0.931. The van der Waals surface area contributed by atoms with Crippen LogP contribution in [0.4, 0.5) is 4.79 Å². The average Bonchev–Trinajstić information content (AvgIpc) is 2.56. The zero-order valence-electron chi connectivity index (χ0n) is 15.5. The minimum Gasteiger partial charge on any atom is -0.495 e. The Morgan fingerprint density at radius 3 is 2.68 bits per heavy atom. The lowest BCUT2D eigenvalue weighted by Crippen LogP contribution is -2.56. The van der Waals surface area contributed by atoms with Gasteiger partial charge < -0.3 is 20.3 Å². The molecule has 1 saturated heterocycles. The zero-order chi connectivity index (χ0) is 18.8. The van der Waals surface area contributed by atoms with Gasteiger partial charge in [0.25, 0.3) is 0 Å². The molecule has 140 valence electrons. The number of hydrogen-bond acceptors (Lipinski definition) is 3. The molecule has 0 aromatic heterocycles. The average molecular weight is 388 g/mol. The first-order chi connectivity index (χ1) is 11.7. The predicted molar refractivity (Wildman–Crippen MR) is 103 cm³/mol. The summed E-state index contributed by atoms with van der Waals surface area (Å²) >= 11 is 12.6. The van der Waals surface area contributed by atoms with Gasteiger partial charge in [0.15, 0.2) is 0 Å². The normalized spacial score (nSPS) is 20.7. The van der Waals surface area contributed by atoms with Crippen molar-refractivity contribution in [3.8, 4) is 5.75 Å². The summed E-state index contributed by atoms with van der Waals surface area (Å²) < 4.78 is 5.16. The van der Waals surface area contributed by atoms with Crippen LogP contribution in [0.15, 0.2) is 12.1 Å². The van der Waals surface area contributed by atoms with Crippen LogP contribution in [-0.2, 0) is 0 Å². The molecule has 2 amide bonds. The lowest BCUT2D eigenvalue weighted by Gasteiger charge is -2.44. The van der Waals surface area contributed by atoms with E-state index in [0.717, 1.165) is 25.1 Å². The van der Waals surface area contributed by atoms with Gasteiger partial charge >= 0.3 is 6.03 Å². The predicted octanol–water partition coefficient (Wildman–Crippen LogP) is 4.09. The number of amides is 2. The van der Waals surface area contributed by atoms with E-state index in [1.807, 2.05) is 20.0 Å². The molecular formula is C18H27Cl2N3O2. The van der Waals surface area contributed by atoms with Gasteiger partial charge in [-0.3, -0.25) is 0 Å². The summed E-state index contributed by atoms with van der Waals surface area (Å²) in [7, 11) is 3.39. The number of nitrogens with one attached hydrogen (secondary N) is 2. The lowest BCUT2D eigenvalue weighted by atomic mass is 9.79. The molecule has 1 fully saturated rings. The molecule has 2 atom stereocenters. The summed E-state index contributed by atoms with van der Waals surface area (Å²) in [6, 6.07) is 3.38. The lowest BCUT2D eigenvalue weighted by molar-refractivity contribution is 0.0957. The number of hydrogen-bond donors (Lipinski definition) is 2. The van der Waals surface area contributed by atoms with Gasteiger partial charge in [0.2, 0.25) is 0 Å². The topological polar surface area (TPSA) is 53.6 Å². The van der Waals surface area contributed by atoms with Crippen LogP contribution in [0.2, 0.25) is 10.0 Å². The van der Waals surface area contributed by atoms with E-state index in [2.05, 4.69) is 24.5 Å². The standard InChI is InChI=1S/C18H27Cl2N3O2/c1-11(12-6-7-13(25-5)16(20)15(12)19)22-17(24)23(4)14-8-9-21-10-18(14,2)3/h6-7,11,14,21H,8-10H2,1-5H3,(H,22,24). The first-order valence-corrected chi connectivity index (χ1v) is 9.20. The Morgan fingerprint density at radius 1 is 1.40 bits per heavy atom. The van der Waals surface area contributed by atoms with Crippen LogP contribution < -0.4 is 15.4 Å². The molecule has 2 rings (SSSR count). The highest BCUT2D eigenvalue weighted by Gasteiger charge is 2.37. The molecule has 1 aromatic carbocycles. The monoisotopic (exact) mass is 387 g/mol. The number of halogens is 2. The molecule has 1 aromatic rings. The fraction of sp³-hybridized carbons (Fsp3) is 0.611. The van der Waals surface area contributed by atoms with E-state index < -0.39 is 0 Å². The molecule has 0 radical (unpaired) electrons. The third kappa shape index (κ3) is 4.33. The third-order valence-corrected chi connectivity index (χ3v) is 5.85. The fourth-order valence-corrected chi connectivity index (χ4v) is 3.99. The molecule has 2 unspecified atom stereocenters. The van der Waals surface area contributed by atoms with Crippen molar-refractivity contribution < 1.29 is 9.53 Å². The Hall–Kier alpha value is -1.17. The van der Waals surface area contributed by atoms with Crippen molar-refractivity contribution in [1.82, 2.24) is 15.5 Å². The van der Waals surface area contributed by atoms with Crippen LogP contribution in [0, 0.1) is 5.41 Å². The second kappa shape index (κ2) is 8.02. The number of carbonyl (C=O) groups is 1. The Labute approximate surface area is 160 Å². The summed E-state index contributed by atoms with van der Waals surface area (Å²) in [5.74, 6) is 0.516. The first kappa shape index (κ1) is 20.1. The highest BCUT2D eigenvalue weighted by Crippen LogP contribution is 2.37.